The highest BCUT2D eigenvalue weighted by molar-refractivity contribution is 5.94. The Morgan fingerprint density at radius 1 is 1.32 bits per heavy atom. The number of carbonyl (C=O) groups excluding carboxylic acids is 1. The fraction of sp³-hybridized carbons (Fsp3) is 0.562. The third-order valence-corrected chi connectivity index (χ3v) is 4.00. The Bertz CT molecular complexity index is 436. The van der Waals surface area contributed by atoms with Crippen LogP contribution in [0.15, 0.2) is 18.2 Å². The molecule has 2 rings (SSSR count). The molecule has 1 fully saturated rings. The Morgan fingerprint density at radius 2 is 2.00 bits per heavy atom. The summed E-state index contributed by atoms with van der Waals surface area (Å²) in [6.45, 7) is 9.19. The molecular weight excluding hydrogens is 236 g/mol. The summed E-state index contributed by atoms with van der Waals surface area (Å²) in [6, 6.07) is 5.99. The number of piperidine rings is 1. The van der Waals surface area contributed by atoms with Gasteiger partial charge in [-0.3, -0.25) is 4.79 Å². The van der Waals surface area contributed by atoms with Crippen molar-refractivity contribution >= 4 is 5.91 Å². The molecule has 104 valence electrons. The van der Waals surface area contributed by atoms with Gasteiger partial charge in [0, 0.05) is 12.1 Å². The van der Waals surface area contributed by atoms with E-state index in [2.05, 4.69) is 23.6 Å². The minimum atomic E-state index is 0.0459. The number of aryl methyl sites for hydroxylation is 2. The molecule has 1 heterocycles. The van der Waals surface area contributed by atoms with Crippen LogP contribution in [0, 0.1) is 25.7 Å². The number of benzene rings is 1. The number of rotatable bonds is 3. The normalized spacial score (nSPS) is 23.1. The van der Waals surface area contributed by atoms with Gasteiger partial charge in [0.1, 0.15) is 0 Å². The molecule has 19 heavy (non-hydrogen) atoms. The Hall–Kier alpha value is -1.35. The van der Waals surface area contributed by atoms with Gasteiger partial charge in [-0.15, -0.1) is 0 Å². The number of amides is 1. The molecule has 3 nitrogen and oxygen atoms in total. The van der Waals surface area contributed by atoms with E-state index >= 15 is 0 Å². The number of hydrogen-bond acceptors (Lipinski definition) is 2. The maximum Gasteiger partial charge on any atom is 0.251 e. The van der Waals surface area contributed by atoms with Crippen molar-refractivity contribution in [1.82, 2.24) is 10.6 Å². The maximum atomic E-state index is 12.2. The van der Waals surface area contributed by atoms with Crippen LogP contribution in [-0.2, 0) is 0 Å². The summed E-state index contributed by atoms with van der Waals surface area (Å²) in [5.74, 6) is 1.27. The zero-order valence-corrected chi connectivity index (χ0v) is 12.1. The third-order valence-electron chi connectivity index (χ3n) is 4.00. The van der Waals surface area contributed by atoms with Gasteiger partial charge >= 0.3 is 0 Å². The fourth-order valence-corrected chi connectivity index (χ4v) is 2.76. The monoisotopic (exact) mass is 260 g/mol. The second kappa shape index (κ2) is 6.20. The molecule has 1 aliphatic rings. The molecule has 1 aromatic carbocycles. The van der Waals surface area contributed by atoms with Crippen molar-refractivity contribution < 1.29 is 4.79 Å². The van der Waals surface area contributed by atoms with Crippen molar-refractivity contribution in [2.45, 2.75) is 27.2 Å². The highest BCUT2D eigenvalue weighted by Gasteiger charge is 2.21. The van der Waals surface area contributed by atoms with Crippen LogP contribution < -0.4 is 10.6 Å². The molecule has 3 heteroatoms. The molecule has 2 N–H and O–H groups in total. The summed E-state index contributed by atoms with van der Waals surface area (Å²) in [7, 11) is 0. The quantitative estimate of drug-likeness (QED) is 0.875. The average molecular weight is 260 g/mol. The van der Waals surface area contributed by atoms with Crippen LogP contribution in [0.25, 0.3) is 0 Å². The lowest BCUT2D eigenvalue weighted by molar-refractivity contribution is 0.0938. The smallest absolute Gasteiger partial charge is 0.251 e. The number of nitrogens with one attached hydrogen (secondary N) is 2. The van der Waals surface area contributed by atoms with E-state index in [0.29, 0.717) is 11.8 Å². The molecule has 0 radical (unpaired) electrons. The molecule has 1 aromatic rings. The molecule has 2 atom stereocenters. The molecule has 1 saturated heterocycles. The summed E-state index contributed by atoms with van der Waals surface area (Å²) in [4.78, 5) is 12.2. The van der Waals surface area contributed by atoms with Gasteiger partial charge < -0.3 is 10.6 Å². The van der Waals surface area contributed by atoms with Crippen molar-refractivity contribution in [3.63, 3.8) is 0 Å². The summed E-state index contributed by atoms with van der Waals surface area (Å²) in [5, 5.41) is 6.47. The minimum Gasteiger partial charge on any atom is -0.352 e. The van der Waals surface area contributed by atoms with Crippen molar-refractivity contribution in [3.05, 3.63) is 34.9 Å². The second-order valence-electron chi connectivity index (χ2n) is 5.82. The lowest BCUT2D eigenvalue weighted by atomic mass is 9.88. The summed E-state index contributed by atoms with van der Waals surface area (Å²) in [6.07, 6.45) is 1.20. The first kappa shape index (κ1) is 14.1. The summed E-state index contributed by atoms with van der Waals surface area (Å²) in [5.41, 5.74) is 3.05. The van der Waals surface area contributed by atoms with Crippen LogP contribution in [0.5, 0.6) is 0 Å². The van der Waals surface area contributed by atoms with Crippen LogP contribution in [-0.4, -0.2) is 25.5 Å². The molecule has 1 aliphatic heterocycles. The van der Waals surface area contributed by atoms with Gasteiger partial charge in [-0.2, -0.15) is 0 Å². The largest absolute Gasteiger partial charge is 0.352 e. The first-order valence-electron chi connectivity index (χ1n) is 7.13. The molecule has 0 aromatic heterocycles. The van der Waals surface area contributed by atoms with E-state index < -0.39 is 0 Å². The van der Waals surface area contributed by atoms with E-state index in [9.17, 15) is 4.79 Å². The zero-order chi connectivity index (χ0) is 13.8. The van der Waals surface area contributed by atoms with Gasteiger partial charge in [0.2, 0.25) is 0 Å². The Labute approximate surface area is 115 Å². The lowest BCUT2D eigenvalue weighted by Crippen LogP contribution is -2.42. The molecular formula is C16H24N2O. The first-order valence-corrected chi connectivity index (χ1v) is 7.13. The van der Waals surface area contributed by atoms with Crippen molar-refractivity contribution in [1.29, 1.82) is 0 Å². The second-order valence-corrected chi connectivity index (χ2v) is 5.82. The Kier molecular flexibility index (Phi) is 4.59. The minimum absolute atomic E-state index is 0.0459. The van der Waals surface area contributed by atoms with E-state index in [1.165, 1.54) is 6.42 Å². The lowest BCUT2D eigenvalue weighted by Gasteiger charge is -2.29. The average Bonchev–Trinajstić information content (AvgIpc) is 2.36. The maximum absolute atomic E-state index is 12.2. The van der Waals surface area contributed by atoms with Crippen molar-refractivity contribution in [3.8, 4) is 0 Å². The van der Waals surface area contributed by atoms with E-state index in [0.717, 1.165) is 36.3 Å². The van der Waals surface area contributed by atoms with Gasteiger partial charge in [0.05, 0.1) is 0 Å². The van der Waals surface area contributed by atoms with E-state index in [1.807, 2.05) is 26.0 Å². The highest BCUT2D eigenvalue weighted by atomic mass is 16.1. The van der Waals surface area contributed by atoms with Crippen LogP contribution in [0.1, 0.15) is 34.8 Å². The third kappa shape index (κ3) is 3.80. The summed E-state index contributed by atoms with van der Waals surface area (Å²) < 4.78 is 0. The van der Waals surface area contributed by atoms with Crippen LogP contribution in [0.3, 0.4) is 0 Å². The molecule has 0 bridgehead atoms. The van der Waals surface area contributed by atoms with E-state index in [4.69, 9.17) is 0 Å². The predicted molar refractivity (Wildman–Crippen MR) is 78.4 cm³/mol. The molecule has 0 spiro atoms. The van der Waals surface area contributed by atoms with Gasteiger partial charge in [0.25, 0.3) is 5.91 Å². The first-order chi connectivity index (χ1) is 9.06. The Morgan fingerprint density at radius 3 is 2.63 bits per heavy atom. The van der Waals surface area contributed by atoms with Crippen LogP contribution >= 0.6 is 0 Å². The van der Waals surface area contributed by atoms with Crippen LogP contribution in [0.4, 0.5) is 0 Å². The van der Waals surface area contributed by atoms with E-state index in [-0.39, 0.29) is 5.91 Å². The number of hydrogen-bond donors (Lipinski definition) is 2. The molecule has 2 unspecified atom stereocenters. The predicted octanol–water partition coefficient (Wildman–Crippen LogP) is 2.28. The van der Waals surface area contributed by atoms with Crippen molar-refractivity contribution in [2.24, 2.45) is 11.8 Å². The topological polar surface area (TPSA) is 41.1 Å². The van der Waals surface area contributed by atoms with Gasteiger partial charge in [-0.25, -0.2) is 0 Å². The SMILES string of the molecule is Cc1cc(C)cc(C(=O)NCC2CNCCC2C)c1. The molecule has 0 aliphatic carbocycles. The van der Waals surface area contributed by atoms with Gasteiger partial charge in [-0.05, 0) is 57.3 Å². The van der Waals surface area contributed by atoms with Gasteiger partial charge in [-0.1, -0.05) is 24.1 Å². The zero-order valence-electron chi connectivity index (χ0n) is 12.1. The number of carbonyl (C=O) groups is 1. The summed E-state index contributed by atoms with van der Waals surface area (Å²) >= 11 is 0. The highest BCUT2D eigenvalue weighted by Crippen LogP contribution is 2.17. The fourth-order valence-electron chi connectivity index (χ4n) is 2.76. The van der Waals surface area contributed by atoms with Crippen molar-refractivity contribution in [2.75, 3.05) is 19.6 Å². The molecule has 0 saturated carbocycles. The van der Waals surface area contributed by atoms with E-state index in [1.54, 1.807) is 0 Å². The van der Waals surface area contributed by atoms with Crippen LogP contribution in [0.2, 0.25) is 0 Å². The Balaban J connectivity index is 1.93. The standard InChI is InChI=1S/C16H24N2O/c1-11-6-12(2)8-14(7-11)16(19)18-10-15-9-17-5-4-13(15)3/h6-8,13,15,17H,4-5,9-10H2,1-3H3,(H,18,19). The molecule has 1 amide bonds. The van der Waals surface area contributed by atoms with Gasteiger partial charge in [0.15, 0.2) is 0 Å².